The Morgan fingerprint density at radius 1 is 0.458 bits per heavy atom. The van der Waals surface area contributed by atoms with Crippen LogP contribution < -0.4 is 180 Å². The van der Waals surface area contributed by atoms with Crippen LogP contribution in [0.4, 0.5) is 27.5 Å². The largest absolute Gasteiger partial charge is 1.00 e. The molecule has 0 radical (unpaired) electrons. The van der Waals surface area contributed by atoms with Crippen molar-refractivity contribution in [2.45, 2.75) is 26.5 Å². The zero-order chi connectivity index (χ0) is 49.2. The standard InChI is InChI=1S/C40H33N6O17S4.5Na/c1-21-17-27-31(65(55,56)57)16-14-29(37(27)33(18-21)67(61,62)63)46-35(48)20-42-39(50)23-7-11-25(12-8-23)44-40(51)43-24-9-5-22(6-10-24)38(49)41-19-34(47)45-28-13-15-30(64(52,53)54)26-3-2-4-32(36(26)28)66(58,59)60;;;;;/h3-18H,19-20H2,1H3,(H,41,49)(H,42,50)(H,45,47)(H,46,48)(H2,43,44,51)(H,52,53,54)(H,55,56,57)(H,58,59,60)(H,61,62,63);;;;;/q-1;5*+1/p-4. The van der Waals surface area contributed by atoms with Crippen LogP contribution in [0.3, 0.4) is 0 Å². The van der Waals surface area contributed by atoms with E-state index in [2.05, 4.69) is 38.0 Å². The van der Waals surface area contributed by atoms with Gasteiger partial charge in [-0.15, -0.1) is 5.39 Å². The first-order valence-corrected chi connectivity index (χ1v) is 24.2. The zero-order valence-electron chi connectivity index (χ0n) is 38.7. The summed E-state index contributed by atoms with van der Waals surface area (Å²) in [4.78, 5) is 60.3. The van der Waals surface area contributed by atoms with Crippen molar-refractivity contribution in [1.82, 2.24) is 10.6 Å². The smallest absolute Gasteiger partial charge is 0.754 e. The molecule has 0 saturated carbocycles. The molecule has 0 bridgehead atoms. The van der Waals surface area contributed by atoms with Gasteiger partial charge >= 0.3 is 154 Å². The number of aryl methyl sites for hydroxylation is 1. The van der Waals surface area contributed by atoms with Gasteiger partial charge in [-0.3, -0.25) is 27.6 Å². The quantitative estimate of drug-likeness (QED) is 0.0335. The first-order valence-electron chi connectivity index (χ1n) is 18.5. The first-order chi connectivity index (χ1) is 31.2. The number of hydrogen-bond donors (Lipinski definition) is 6. The summed E-state index contributed by atoms with van der Waals surface area (Å²) in [6, 6.07) is 19.4. The Bertz CT molecular complexity index is 3540. The zero-order valence-corrected chi connectivity index (χ0v) is 52.0. The van der Waals surface area contributed by atoms with E-state index in [1.54, 1.807) is 0 Å². The van der Waals surface area contributed by atoms with Gasteiger partial charge in [0.25, 0.3) is 11.8 Å². The van der Waals surface area contributed by atoms with Gasteiger partial charge in [0.15, 0.2) is 0 Å². The van der Waals surface area contributed by atoms with Crippen LogP contribution in [0.5, 0.6) is 0 Å². The minimum Gasteiger partial charge on any atom is -0.754 e. The van der Waals surface area contributed by atoms with E-state index in [0.29, 0.717) is 0 Å². The molecule has 0 aliphatic heterocycles. The molecule has 32 heteroatoms. The van der Waals surface area contributed by atoms with Crippen molar-refractivity contribution in [2.75, 3.05) is 34.4 Å². The van der Waals surface area contributed by atoms with Crippen molar-refractivity contribution in [3.63, 3.8) is 0 Å². The number of urea groups is 1. The number of anilines is 4. The summed E-state index contributed by atoms with van der Waals surface area (Å²) in [6.45, 7) is -0.0325. The number of carbonyl (C=O) groups excluding carboxylic acids is 5. The van der Waals surface area contributed by atoms with Gasteiger partial charge in [0.2, 0.25) is 11.8 Å². The molecule has 0 heterocycles. The van der Waals surface area contributed by atoms with E-state index < -0.39 is 124 Å². The fourth-order valence-corrected chi connectivity index (χ4v) is 9.31. The Kier molecular flexibility index (Phi) is 25.9. The van der Waals surface area contributed by atoms with Crippen LogP contribution in [0.1, 0.15) is 26.3 Å². The summed E-state index contributed by atoms with van der Waals surface area (Å²) in [5.74, 6) is -3.40. The molecule has 0 aromatic heterocycles. The minimum absolute atomic E-state index is 0. The van der Waals surface area contributed by atoms with E-state index in [0.717, 1.165) is 48.5 Å². The van der Waals surface area contributed by atoms with Crippen molar-refractivity contribution in [1.29, 1.82) is 0 Å². The van der Waals surface area contributed by atoms with E-state index in [-0.39, 0.29) is 187 Å². The van der Waals surface area contributed by atoms with Gasteiger partial charge in [-0.05, 0) is 90.2 Å². The summed E-state index contributed by atoms with van der Waals surface area (Å²) in [7, 11) is -20.8. The van der Waals surface area contributed by atoms with Crippen molar-refractivity contribution in [3.8, 4) is 0 Å². The molecule has 6 aromatic carbocycles. The van der Waals surface area contributed by atoms with Gasteiger partial charge in [-0.2, -0.15) is 18.2 Å². The van der Waals surface area contributed by atoms with Crippen molar-refractivity contribution in [2.24, 2.45) is 0 Å². The van der Waals surface area contributed by atoms with Gasteiger partial charge in [0.1, 0.15) is 30.4 Å². The third-order valence-electron chi connectivity index (χ3n) is 9.33. The molecular formula is C40H29N6Na5O17S4. The predicted molar refractivity (Wildman–Crippen MR) is 231 cm³/mol. The Morgan fingerprint density at radius 2 is 0.833 bits per heavy atom. The van der Waals surface area contributed by atoms with Crippen molar-refractivity contribution >= 4 is 114 Å². The molecular weight excluding hydrogens is 1080 g/mol. The third kappa shape index (κ3) is 17.3. The van der Waals surface area contributed by atoms with Gasteiger partial charge < -0.3 is 50.1 Å². The number of hydrogen-bond acceptors (Lipinski definition) is 17. The SMILES string of the molecule is Cc1cc(S(=O)(=O)[O-])c2c(NC(=O)CNC(=O)c3ccc(NC(=O)Nc4ccc(C(=O)NCC(=O)Nc5ccc(S(=O)(=O)[O-])c6c[c-]cc(S(=O)(=O)[O-])c56)cc4)cc3)ccc(S(=O)(=O)[O-])c2c1.[Na+].[Na+].[Na+].[Na+].[Na+]. The fraction of sp³-hybridized carbons (Fsp3) is 0.0750. The van der Waals surface area contributed by atoms with E-state index in [4.69, 9.17) is 0 Å². The van der Waals surface area contributed by atoms with Crippen LogP contribution in [0.15, 0.2) is 117 Å². The molecule has 72 heavy (non-hydrogen) atoms. The Balaban J connectivity index is 0.00000518. The Labute approximate surface area is 522 Å². The summed E-state index contributed by atoms with van der Waals surface area (Å²) < 4.78 is 143. The molecule has 6 rings (SSSR count). The van der Waals surface area contributed by atoms with Crippen LogP contribution in [0, 0.1) is 13.0 Å². The minimum atomic E-state index is -5.25. The normalized spacial score (nSPS) is 11.1. The average molecular weight is 1110 g/mol. The molecule has 0 fully saturated rings. The Morgan fingerprint density at radius 3 is 1.22 bits per heavy atom. The van der Waals surface area contributed by atoms with Crippen LogP contribution >= 0.6 is 0 Å². The second-order valence-electron chi connectivity index (χ2n) is 14.0. The molecule has 0 aliphatic carbocycles. The molecule has 350 valence electrons. The van der Waals surface area contributed by atoms with E-state index in [1.165, 1.54) is 55.5 Å². The average Bonchev–Trinajstić information content (AvgIpc) is 3.23. The first kappa shape index (κ1) is 67.6. The van der Waals surface area contributed by atoms with Gasteiger partial charge in [-0.25, -0.2) is 30.0 Å². The third-order valence-corrected chi connectivity index (χ3v) is 12.8. The summed E-state index contributed by atoms with van der Waals surface area (Å²) in [6.07, 6.45) is 0. The summed E-state index contributed by atoms with van der Waals surface area (Å²) in [5, 5.41) is 12.3. The Hall–Kier alpha value is -2.37. The molecule has 6 aromatic rings. The van der Waals surface area contributed by atoms with Crippen molar-refractivity contribution < 1.29 is 224 Å². The predicted octanol–water partition coefficient (Wildman–Crippen LogP) is -12.9. The number of rotatable bonds is 14. The summed E-state index contributed by atoms with van der Waals surface area (Å²) >= 11 is 0. The van der Waals surface area contributed by atoms with Crippen LogP contribution in [0.25, 0.3) is 21.5 Å². The molecule has 0 aliphatic rings. The van der Waals surface area contributed by atoms with Crippen LogP contribution in [-0.4, -0.2) is 94.6 Å². The fourth-order valence-electron chi connectivity index (χ4n) is 6.50. The summed E-state index contributed by atoms with van der Waals surface area (Å²) in [5.41, 5.74) is -0.0732. The second-order valence-corrected chi connectivity index (χ2v) is 19.4. The number of carbonyl (C=O) groups is 5. The molecule has 23 nitrogen and oxygen atoms in total. The maximum Gasteiger partial charge on any atom is 1.00 e. The van der Waals surface area contributed by atoms with Crippen LogP contribution in [-0.2, 0) is 50.1 Å². The monoisotopic (exact) mass is 1110 g/mol. The number of fused-ring (bicyclic) bond motifs is 2. The van der Waals surface area contributed by atoms with Gasteiger partial charge in [-0.1, -0.05) is 17.5 Å². The molecule has 6 N–H and O–H groups in total. The van der Waals surface area contributed by atoms with E-state index in [9.17, 15) is 75.9 Å². The molecule has 6 amide bonds. The number of benzene rings is 6. The second kappa shape index (κ2) is 27.6. The maximum atomic E-state index is 12.8. The van der Waals surface area contributed by atoms with Gasteiger partial charge in [0, 0.05) is 49.5 Å². The van der Waals surface area contributed by atoms with Gasteiger partial charge in [0.05, 0.1) is 33.0 Å². The maximum absolute atomic E-state index is 12.8. The van der Waals surface area contributed by atoms with E-state index in [1.807, 2.05) is 0 Å². The molecule has 0 spiro atoms. The molecule has 0 saturated heterocycles. The number of amides is 6. The molecule has 0 atom stereocenters. The van der Waals surface area contributed by atoms with E-state index >= 15 is 0 Å². The number of nitrogens with one attached hydrogen (secondary N) is 6. The van der Waals surface area contributed by atoms with Crippen LogP contribution in [0.2, 0.25) is 0 Å². The van der Waals surface area contributed by atoms with Crippen molar-refractivity contribution in [3.05, 3.63) is 120 Å². The molecule has 0 unspecified atom stereocenters. The topological polar surface area (TPSA) is 386 Å².